The highest BCUT2D eigenvalue weighted by Gasteiger charge is 2.42. The molecular weight excluding hydrogens is 739 g/mol. The van der Waals surface area contributed by atoms with Gasteiger partial charge in [0.15, 0.2) is 0 Å². The molecule has 0 bridgehead atoms. The lowest BCUT2D eigenvalue weighted by molar-refractivity contribution is -0.137. The molecule has 8 rings (SSSR count). The lowest BCUT2D eigenvalue weighted by Gasteiger charge is -2.32. The highest BCUT2D eigenvalue weighted by Crippen LogP contribution is 2.44. The second-order valence-electron chi connectivity index (χ2n) is 17.2. The number of aromatic amines is 2. The van der Waals surface area contributed by atoms with Crippen LogP contribution in [0.1, 0.15) is 90.1 Å². The summed E-state index contributed by atoms with van der Waals surface area (Å²) >= 11 is 0. The summed E-state index contributed by atoms with van der Waals surface area (Å²) in [6.45, 7) is 13.0. The number of methoxy groups -OCH3 is 2. The van der Waals surface area contributed by atoms with Crippen LogP contribution in [0.4, 0.5) is 9.59 Å². The predicted molar refractivity (Wildman–Crippen MR) is 219 cm³/mol. The highest BCUT2D eigenvalue weighted by molar-refractivity contribution is 6.07. The molecule has 14 nitrogen and oxygen atoms in total. The number of amides is 3. The summed E-state index contributed by atoms with van der Waals surface area (Å²) in [5.41, 5.74) is 6.07. The zero-order chi connectivity index (χ0) is 41.0. The van der Waals surface area contributed by atoms with Crippen molar-refractivity contribution in [1.82, 2.24) is 35.1 Å². The number of alkyl carbamates (subject to hydrolysis) is 1. The summed E-state index contributed by atoms with van der Waals surface area (Å²) in [5.74, 6) is 2.12. The Morgan fingerprint density at radius 3 is 2.55 bits per heavy atom. The van der Waals surface area contributed by atoms with Gasteiger partial charge in [0.2, 0.25) is 5.91 Å². The summed E-state index contributed by atoms with van der Waals surface area (Å²) in [7, 11) is 2.98. The van der Waals surface area contributed by atoms with Gasteiger partial charge >= 0.3 is 12.2 Å². The molecule has 0 aliphatic carbocycles. The number of carbonyl (C=O) groups excluding carboxylic acids is 3. The number of imidazole rings is 2. The molecule has 3 N–H and O–H groups in total. The van der Waals surface area contributed by atoms with Gasteiger partial charge in [-0.05, 0) is 99.2 Å². The van der Waals surface area contributed by atoms with E-state index in [4.69, 9.17) is 28.9 Å². The van der Waals surface area contributed by atoms with E-state index in [9.17, 15) is 14.4 Å². The lowest BCUT2D eigenvalue weighted by Crippen LogP contribution is -2.52. The van der Waals surface area contributed by atoms with E-state index in [1.807, 2.05) is 58.7 Å². The van der Waals surface area contributed by atoms with Crippen molar-refractivity contribution >= 4 is 39.9 Å². The number of carbonyl (C=O) groups is 3. The van der Waals surface area contributed by atoms with Crippen LogP contribution >= 0.6 is 0 Å². The summed E-state index contributed by atoms with van der Waals surface area (Å²) in [6.07, 6.45) is 3.14. The predicted octanol–water partition coefficient (Wildman–Crippen LogP) is 8.04. The third kappa shape index (κ3) is 7.34. The van der Waals surface area contributed by atoms with Gasteiger partial charge in [0.25, 0.3) is 0 Å². The van der Waals surface area contributed by atoms with E-state index >= 15 is 0 Å². The maximum absolute atomic E-state index is 14.0. The molecule has 0 spiro atoms. The van der Waals surface area contributed by atoms with E-state index in [1.165, 1.54) is 7.11 Å². The Labute approximate surface area is 338 Å². The number of benzene rings is 3. The lowest BCUT2D eigenvalue weighted by atomic mass is 9.92. The van der Waals surface area contributed by atoms with Gasteiger partial charge in [-0.1, -0.05) is 32.0 Å². The highest BCUT2D eigenvalue weighted by atomic mass is 16.6. The molecule has 5 aromatic rings. The van der Waals surface area contributed by atoms with E-state index in [0.717, 1.165) is 86.4 Å². The minimum atomic E-state index is -0.719. The number of hydrogen-bond acceptors (Lipinski definition) is 9. The number of aromatic nitrogens is 4. The van der Waals surface area contributed by atoms with Crippen molar-refractivity contribution in [2.75, 3.05) is 27.4 Å². The molecule has 3 aliphatic rings. The molecule has 3 amide bonds. The number of nitrogens with zero attached hydrogens (tertiary/aromatic N) is 4. The summed E-state index contributed by atoms with van der Waals surface area (Å²) in [6, 6.07) is 13.5. The van der Waals surface area contributed by atoms with Gasteiger partial charge in [0.1, 0.15) is 35.6 Å². The Kier molecular flexibility index (Phi) is 10.3. The number of H-pyrrole nitrogens is 2. The molecule has 58 heavy (non-hydrogen) atoms. The van der Waals surface area contributed by atoms with Crippen LogP contribution in [0.15, 0.2) is 48.7 Å². The standard InChI is InChI=1S/C44H53N7O7/c1-23(2)37(49-42(53)56-8)41(52)51-24(3)9-14-34(51)40-46-32-13-11-26-17-31-29-12-10-27(16-28(29)22-57-36(31)18-30(26)38(32)48-40)33-19-45-39(47-33)35-15-25(21-55-7)20-50(35)43(54)58-44(4,5)6/h10-13,16-19,23-25,34-35,37H,9,14-15,20-22H2,1-8H3,(H,45,47)(H,46,48)(H,49,53). The number of ether oxygens (including phenoxy) is 4. The van der Waals surface area contributed by atoms with Crippen LogP contribution in [0.3, 0.4) is 0 Å². The summed E-state index contributed by atoms with van der Waals surface area (Å²) < 4.78 is 22.4. The second kappa shape index (κ2) is 15.3. The molecule has 3 aromatic carbocycles. The Balaban J connectivity index is 1.06. The topological polar surface area (TPSA) is 164 Å². The molecular formula is C44H53N7O7. The number of likely N-dealkylation sites (tertiary alicyclic amines) is 2. The van der Waals surface area contributed by atoms with Crippen LogP contribution in [0, 0.1) is 11.8 Å². The van der Waals surface area contributed by atoms with Gasteiger partial charge in [-0.3, -0.25) is 9.69 Å². The van der Waals surface area contributed by atoms with Crippen LogP contribution in [0.5, 0.6) is 5.75 Å². The minimum Gasteiger partial charge on any atom is -0.488 e. The molecule has 2 fully saturated rings. The smallest absolute Gasteiger partial charge is 0.410 e. The molecule has 0 radical (unpaired) electrons. The summed E-state index contributed by atoms with van der Waals surface area (Å²) in [4.78, 5) is 59.8. The van der Waals surface area contributed by atoms with Crippen molar-refractivity contribution < 1.29 is 33.3 Å². The second-order valence-corrected chi connectivity index (χ2v) is 17.2. The zero-order valence-electron chi connectivity index (χ0n) is 34.5. The van der Waals surface area contributed by atoms with Crippen molar-refractivity contribution in [2.45, 2.75) is 97.2 Å². The van der Waals surface area contributed by atoms with Crippen LogP contribution in [0.25, 0.3) is 44.2 Å². The fourth-order valence-electron chi connectivity index (χ4n) is 8.83. The van der Waals surface area contributed by atoms with Crippen LogP contribution < -0.4 is 10.1 Å². The first-order chi connectivity index (χ1) is 27.7. The first-order valence-corrected chi connectivity index (χ1v) is 20.2. The fraction of sp³-hybridized carbons (Fsp3) is 0.477. The zero-order valence-corrected chi connectivity index (χ0v) is 34.5. The first-order valence-electron chi connectivity index (χ1n) is 20.2. The minimum absolute atomic E-state index is 0.0184. The van der Waals surface area contributed by atoms with E-state index in [0.29, 0.717) is 19.8 Å². The number of hydrogen-bond donors (Lipinski definition) is 3. The quantitative estimate of drug-likeness (QED) is 0.141. The molecule has 306 valence electrons. The largest absolute Gasteiger partial charge is 0.488 e. The monoisotopic (exact) mass is 791 g/mol. The average Bonchev–Trinajstić information content (AvgIpc) is 4.00. The van der Waals surface area contributed by atoms with E-state index < -0.39 is 17.7 Å². The number of rotatable bonds is 8. The molecule has 14 heteroatoms. The number of fused-ring (bicyclic) bond motifs is 6. The van der Waals surface area contributed by atoms with Crippen molar-refractivity contribution in [1.29, 1.82) is 0 Å². The van der Waals surface area contributed by atoms with Gasteiger partial charge in [-0.25, -0.2) is 19.6 Å². The Morgan fingerprint density at radius 1 is 1.00 bits per heavy atom. The van der Waals surface area contributed by atoms with Gasteiger partial charge in [0.05, 0.1) is 48.7 Å². The average molecular weight is 792 g/mol. The van der Waals surface area contributed by atoms with Crippen molar-refractivity contribution in [2.24, 2.45) is 11.8 Å². The molecule has 5 heterocycles. The van der Waals surface area contributed by atoms with Crippen LogP contribution in [0.2, 0.25) is 0 Å². The van der Waals surface area contributed by atoms with Crippen LogP contribution in [-0.4, -0.2) is 92.9 Å². The molecule has 0 saturated carbocycles. The Bertz CT molecular complexity index is 2380. The maximum Gasteiger partial charge on any atom is 0.410 e. The molecule has 2 saturated heterocycles. The SMILES string of the molecule is COCC1CC(c2ncc(-c3ccc4c(c3)COc3cc5c(ccc6[nH]c(C7CCC(C)N7C(=O)C(NC(=O)OC)C(C)C)nc65)cc3-4)[nH]2)N(C(=O)OC(C)(C)C)C1. The molecule has 5 unspecified atom stereocenters. The Hall–Kier alpha value is -5.63. The Morgan fingerprint density at radius 2 is 1.81 bits per heavy atom. The van der Waals surface area contributed by atoms with Crippen LogP contribution in [-0.2, 0) is 25.6 Å². The van der Waals surface area contributed by atoms with Gasteiger partial charge in [-0.2, -0.15) is 0 Å². The van der Waals surface area contributed by atoms with E-state index in [1.54, 1.807) is 12.0 Å². The van der Waals surface area contributed by atoms with Crippen molar-refractivity contribution in [3.63, 3.8) is 0 Å². The van der Waals surface area contributed by atoms with Gasteiger partial charge < -0.3 is 39.1 Å². The van der Waals surface area contributed by atoms with Crippen molar-refractivity contribution in [3.05, 3.63) is 65.9 Å². The van der Waals surface area contributed by atoms with E-state index in [-0.39, 0.29) is 42.0 Å². The third-order valence-corrected chi connectivity index (χ3v) is 11.6. The third-order valence-electron chi connectivity index (χ3n) is 11.6. The van der Waals surface area contributed by atoms with Gasteiger partial charge in [-0.15, -0.1) is 0 Å². The summed E-state index contributed by atoms with van der Waals surface area (Å²) in [5, 5.41) is 4.72. The van der Waals surface area contributed by atoms with Crippen molar-refractivity contribution in [3.8, 4) is 28.1 Å². The maximum atomic E-state index is 14.0. The fourth-order valence-corrected chi connectivity index (χ4v) is 8.83. The molecule has 3 aliphatic heterocycles. The number of nitrogens with one attached hydrogen (secondary N) is 3. The first kappa shape index (κ1) is 39.2. The van der Waals surface area contributed by atoms with E-state index in [2.05, 4.69) is 51.7 Å². The molecule has 5 atom stereocenters. The normalized spacial score (nSPS) is 20.9. The van der Waals surface area contributed by atoms with Gasteiger partial charge in [0, 0.05) is 36.6 Å². The molecule has 2 aromatic heterocycles.